The van der Waals surface area contributed by atoms with Crippen LogP contribution in [0.3, 0.4) is 0 Å². The van der Waals surface area contributed by atoms with Gasteiger partial charge in [0.2, 0.25) is 6.29 Å². The van der Waals surface area contributed by atoms with Gasteiger partial charge in [0.1, 0.15) is 96.3 Å². The Hall–Kier alpha value is -2.12. The highest BCUT2D eigenvalue weighted by atomic mass is 16.8. The van der Waals surface area contributed by atoms with E-state index in [0.717, 1.165) is 5.57 Å². The van der Waals surface area contributed by atoms with Crippen molar-refractivity contribution in [3.05, 3.63) is 11.6 Å². The zero-order chi connectivity index (χ0) is 55.1. The predicted octanol–water partition coefficient (Wildman–Crippen LogP) is -3.27. The fraction of sp³-hybridized carbons (Fsp3) is 0.923. The number of rotatable bonds is 10. The Labute approximate surface area is 439 Å². The molecule has 5 aliphatic heterocycles. The zero-order valence-electron chi connectivity index (χ0n) is 43.7. The van der Waals surface area contributed by atoms with Crippen LogP contribution in [0, 0.1) is 50.2 Å². The topological polar surface area (TPSA) is 380 Å². The Morgan fingerprint density at radius 2 is 1.30 bits per heavy atom. The number of hydrogen-bond donors (Lipinski definition) is 13. The second kappa shape index (κ2) is 20.1. The van der Waals surface area contributed by atoms with Crippen LogP contribution in [-0.2, 0) is 52.2 Å². The van der Waals surface area contributed by atoms with E-state index in [0.29, 0.717) is 38.5 Å². The number of fused-ring (bicyclic) bond motifs is 10. The van der Waals surface area contributed by atoms with Crippen molar-refractivity contribution >= 4 is 11.9 Å². The summed E-state index contributed by atoms with van der Waals surface area (Å²) in [5.41, 5.74) is -4.47. The van der Waals surface area contributed by atoms with Crippen molar-refractivity contribution in [3.8, 4) is 0 Å². The molecule has 0 radical (unpaired) electrons. The molecule has 0 aromatic heterocycles. The van der Waals surface area contributed by atoms with E-state index >= 15 is 4.79 Å². The molecule has 0 unspecified atom stereocenters. The lowest BCUT2D eigenvalue weighted by Gasteiger charge is -2.71. The fourth-order valence-electron chi connectivity index (χ4n) is 16.4. The minimum absolute atomic E-state index is 0.127. The minimum atomic E-state index is -1.90. The van der Waals surface area contributed by atoms with Crippen LogP contribution in [0.5, 0.6) is 0 Å². The number of hydrogen-bond acceptors (Lipinski definition) is 24. The number of ether oxygens (including phenoxy) is 9. The Morgan fingerprint density at radius 1 is 0.671 bits per heavy atom. The fourth-order valence-corrected chi connectivity index (χ4v) is 16.4. The molecule has 0 aromatic rings. The molecule has 5 aliphatic carbocycles. The molecule has 5 heterocycles. The maximum atomic E-state index is 15.3. The van der Waals surface area contributed by atoms with Gasteiger partial charge in [0.15, 0.2) is 25.0 Å². The number of carbonyl (C=O) groups is 2. The van der Waals surface area contributed by atoms with Crippen molar-refractivity contribution in [2.75, 3.05) is 26.4 Å². The summed E-state index contributed by atoms with van der Waals surface area (Å²) in [5.74, 6) is -2.74. The van der Waals surface area contributed by atoms with E-state index in [4.69, 9.17) is 42.6 Å². The van der Waals surface area contributed by atoms with Crippen LogP contribution in [0.4, 0.5) is 0 Å². The summed E-state index contributed by atoms with van der Waals surface area (Å²) in [6.07, 6.45) is -26.9. The molecule has 0 amide bonds. The first-order valence-electron chi connectivity index (χ1n) is 27.0. The molecule has 0 aromatic carbocycles. The third-order valence-corrected chi connectivity index (χ3v) is 20.9. The van der Waals surface area contributed by atoms with Gasteiger partial charge < -0.3 is 109 Å². The van der Waals surface area contributed by atoms with Crippen molar-refractivity contribution < 1.29 is 119 Å². The molecule has 10 aliphatic rings. The second-order valence-corrected chi connectivity index (χ2v) is 25.4. The number of esters is 2. The van der Waals surface area contributed by atoms with Gasteiger partial charge in [0.05, 0.1) is 38.6 Å². The zero-order valence-corrected chi connectivity index (χ0v) is 43.7. The number of aliphatic hydroxyl groups is 13. The van der Waals surface area contributed by atoms with Crippen molar-refractivity contribution in [1.82, 2.24) is 0 Å². The SMILES string of the molecule is C[C@@H]1O[C@@H](O[C@H]2[C@H](OC(=O)[C@]34CCC(C)(C)C[C@H]3C3=CC[C@@H]5[C@@]6(C)C[C@@H]7OC(=O)[C@](CO)([C@@H]6CC[C@@]5(C)[C@]3(C)C[C@H]4O)[C@H]7O[C@@H]3O[C@H](CO)[C@@H](O)[C@H](O)[C@H]3O)OC[C@H](O)[C@@H]2O)[C@H](O)[C@H](O)[C@H]1O[C@@H]1OC[C@@H](O)[C@H](O)[C@H]1O. The summed E-state index contributed by atoms with van der Waals surface area (Å²) in [5, 5.41) is 142. The van der Waals surface area contributed by atoms with Gasteiger partial charge in [-0.2, -0.15) is 0 Å². The molecule has 5 saturated heterocycles. The van der Waals surface area contributed by atoms with Gasteiger partial charge in [0, 0.05) is 0 Å². The van der Waals surface area contributed by atoms with Gasteiger partial charge in [-0.3, -0.25) is 9.59 Å². The van der Waals surface area contributed by atoms with Gasteiger partial charge in [0.25, 0.3) is 0 Å². The van der Waals surface area contributed by atoms with Crippen LogP contribution in [0.25, 0.3) is 0 Å². The molecular formula is C52H80O24. The van der Waals surface area contributed by atoms with Gasteiger partial charge in [-0.15, -0.1) is 0 Å². The normalized spacial score (nSPS) is 55.7. The Morgan fingerprint density at radius 3 is 1.99 bits per heavy atom. The lowest BCUT2D eigenvalue weighted by Crippen LogP contribution is -2.70. The summed E-state index contributed by atoms with van der Waals surface area (Å²) in [6.45, 7) is 9.87. The third kappa shape index (κ3) is 8.44. The van der Waals surface area contributed by atoms with Crippen LogP contribution < -0.4 is 0 Å². The van der Waals surface area contributed by atoms with E-state index in [9.17, 15) is 71.2 Å². The highest BCUT2D eigenvalue weighted by Crippen LogP contribution is 2.77. The average Bonchev–Trinajstić information content (AvgIpc) is 3.76. The molecule has 24 nitrogen and oxygen atoms in total. The molecule has 13 N–H and O–H groups in total. The first-order valence-corrected chi connectivity index (χ1v) is 27.0. The van der Waals surface area contributed by atoms with Crippen molar-refractivity contribution in [3.63, 3.8) is 0 Å². The number of allylic oxidation sites excluding steroid dienone is 2. The number of aliphatic hydroxyl groups excluding tert-OH is 13. The molecule has 76 heavy (non-hydrogen) atoms. The lowest BCUT2D eigenvalue weighted by atomic mass is 9.33. The smallest absolute Gasteiger partial charge is 0.317 e. The van der Waals surface area contributed by atoms with Crippen LogP contribution in [0.1, 0.15) is 92.9 Å². The predicted molar refractivity (Wildman–Crippen MR) is 252 cm³/mol. The van der Waals surface area contributed by atoms with E-state index in [1.165, 1.54) is 6.92 Å². The molecule has 9 fully saturated rings. The summed E-state index contributed by atoms with van der Waals surface area (Å²) in [6, 6.07) is 0. The molecule has 432 valence electrons. The lowest BCUT2D eigenvalue weighted by molar-refractivity contribution is -0.369. The molecule has 29 atom stereocenters. The standard InChI is InChI=1S/C52H80O24/c1-20-38(73-41-35(63)30(58)23(55)17-68-41)34(62)37(65)42(70-20)74-39-31(59)24(56)18-69-44(39)76-45(66)51-12-11-47(2,3)13-22(51)21-7-8-27-48(4)14-25-40(75-43-36(64)33(61)32(60)26(16-53)71-43)52(19-54,46(67)72-25)28(48)9-10-49(27,5)50(21,6)15-29(51)57/h7,20,22-44,53-65H,8-19H2,1-6H3/t20-,22-,23+,24-,25-,26+,27+,28+,29+,30-,31-,32+,33-,34-,35+,36+,37+,38-,39+,40-,41-,42-,43-,44-,48+,49+,50+,51+,52+/m0/s1. The monoisotopic (exact) mass is 1090 g/mol. The van der Waals surface area contributed by atoms with E-state index in [1.54, 1.807) is 0 Å². The summed E-state index contributed by atoms with van der Waals surface area (Å²) in [7, 11) is 0. The molecule has 2 bridgehead atoms. The molecule has 10 rings (SSSR count). The summed E-state index contributed by atoms with van der Waals surface area (Å²) < 4.78 is 53.2. The molecule has 0 spiro atoms. The summed E-state index contributed by atoms with van der Waals surface area (Å²) in [4.78, 5) is 29.5. The van der Waals surface area contributed by atoms with Crippen LogP contribution in [0.2, 0.25) is 0 Å². The van der Waals surface area contributed by atoms with Gasteiger partial charge in [-0.1, -0.05) is 46.3 Å². The first-order chi connectivity index (χ1) is 35.6. The van der Waals surface area contributed by atoms with E-state index in [-0.39, 0.29) is 24.2 Å². The first kappa shape index (κ1) is 57.1. The Balaban J connectivity index is 0.904. The number of carbonyl (C=O) groups excluding carboxylic acids is 2. The van der Waals surface area contributed by atoms with Crippen molar-refractivity contribution in [2.45, 2.75) is 222 Å². The molecular weight excluding hydrogens is 1010 g/mol. The van der Waals surface area contributed by atoms with Crippen LogP contribution >= 0.6 is 0 Å². The van der Waals surface area contributed by atoms with Crippen molar-refractivity contribution in [2.24, 2.45) is 50.2 Å². The maximum Gasteiger partial charge on any atom is 0.317 e. The quantitative estimate of drug-likeness (QED) is 0.0580. The average molecular weight is 1090 g/mol. The van der Waals surface area contributed by atoms with Crippen molar-refractivity contribution in [1.29, 1.82) is 0 Å². The van der Waals surface area contributed by atoms with Crippen LogP contribution in [-0.4, -0.2) is 234 Å². The minimum Gasteiger partial charge on any atom is -0.459 e. The van der Waals surface area contributed by atoms with E-state index < -0.39 is 206 Å². The highest BCUT2D eigenvalue weighted by molar-refractivity contribution is 5.82. The third-order valence-electron chi connectivity index (χ3n) is 20.9. The largest absolute Gasteiger partial charge is 0.459 e. The van der Waals surface area contributed by atoms with Gasteiger partial charge in [-0.05, 0) is 97.7 Å². The van der Waals surface area contributed by atoms with Gasteiger partial charge >= 0.3 is 11.9 Å². The van der Waals surface area contributed by atoms with E-state index in [1.807, 2.05) is 0 Å². The Bertz CT molecular complexity index is 2200. The Kier molecular flexibility index (Phi) is 15.1. The van der Waals surface area contributed by atoms with Crippen LogP contribution in [0.15, 0.2) is 11.6 Å². The second-order valence-electron chi connectivity index (χ2n) is 25.4. The van der Waals surface area contributed by atoms with E-state index in [2.05, 4.69) is 40.7 Å². The summed E-state index contributed by atoms with van der Waals surface area (Å²) >= 11 is 0. The highest BCUT2D eigenvalue weighted by Gasteiger charge is 2.77. The molecule has 24 heteroatoms. The van der Waals surface area contributed by atoms with Gasteiger partial charge in [-0.25, -0.2) is 0 Å². The maximum absolute atomic E-state index is 15.3. The molecule has 4 saturated carbocycles.